The number of nitrogens with zero attached hydrogens (tertiary/aromatic N) is 2. The third kappa shape index (κ3) is 2.10. The van der Waals surface area contributed by atoms with Crippen molar-refractivity contribution in [1.29, 1.82) is 0 Å². The topological polar surface area (TPSA) is 70.5 Å². The summed E-state index contributed by atoms with van der Waals surface area (Å²) < 4.78 is 0. The number of phenols is 1. The predicted molar refractivity (Wildman–Crippen MR) is 71.2 cm³/mol. The van der Waals surface area contributed by atoms with Gasteiger partial charge in [0.1, 0.15) is 5.75 Å². The monoisotopic (exact) mass is 274 g/mol. The molecule has 1 fully saturated rings. The molecule has 0 aliphatic carbocycles. The van der Waals surface area contributed by atoms with Gasteiger partial charge in [0.25, 0.3) is 0 Å². The van der Waals surface area contributed by atoms with Gasteiger partial charge in [0.05, 0.1) is 18.7 Å². The van der Waals surface area contributed by atoms with Crippen molar-refractivity contribution in [2.24, 2.45) is 0 Å². The molecular weight excluding hydrogens is 264 g/mol. The van der Waals surface area contributed by atoms with Gasteiger partial charge in [0.15, 0.2) is 10.9 Å². The highest BCUT2D eigenvalue weighted by Crippen LogP contribution is 2.33. The van der Waals surface area contributed by atoms with Crippen molar-refractivity contribution in [3.05, 3.63) is 29.6 Å². The van der Waals surface area contributed by atoms with Gasteiger partial charge in [-0.1, -0.05) is 12.1 Å². The number of rotatable bonds is 2. The summed E-state index contributed by atoms with van der Waals surface area (Å²) in [5, 5.41) is 12.0. The molecule has 1 aliphatic rings. The summed E-state index contributed by atoms with van der Waals surface area (Å²) in [7, 11) is 0. The Kier molecular flexibility index (Phi) is 2.79. The van der Waals surface area contributed by atoms with Crippen molar-refractivity contribution in [2.45, 2.75) is 6.42 Å². The Hall–Kier alpha value is -2.21. The number of phenolic OH excluding ortho intramolecular Hbond substituents is 1. The lowest BCUT2D eigenvalue weighted by Gasteiger charge is -2.09. The second-order valence-corrected chi connectivity index (χ2v) is 5.06. The number of para-hydroxylation sites is 1. The van der Waals surface area contributed by atoms with Crippen molar-refractivity contribution in [3.63, 3.8) is 0 Å². The molecule has 3 rings (SSSR count). The van der Waals surface area contributed by atoms with Gasteiger partial charge in [-0.15, -0.1) is 11.3 Å². The summed E-state index contributed by atoms with van der Waals surface area (Å²) >= 11 is 1.29. The average molecular weight is 274 g/mol. The van der Waals surface area contributed by atoms with Gasteiger partial charge in [-0.3, -0.25) is 14.5 Å². The number of Topliss-reactive ketones (excluding diaryl/α,β-unsaturated/α-hetero) is 1. The number of benzene rings is 1. The highest BCUT2D eigenvalue weighted by molar-refractivity contribution is 7.14. The van der Waals surface area contributed by atoms with E-state index < -0.39 is 0 Å². The summed E-state index contributed by atoms with van der Waals surface area (Å²) in [5.41, 5.74) is 1.22. The largest absolute Gasteiger partial charge is 0.507 e. The van der Waals surface area contributed by atoms with Crippen molar-refractivity contribution < 1.29 is 14.7 Å². The fourth-order valence-corrected chi connectivity index (χ4v) is 2.80. The number of hydrogen-bond donors (Lipinski definition) is 1. The molecule has 2 heterocycles. The van der Waals surface area contributed by atoms with Gasteiger partial charge < -0.3 is 5.11 Å². The molecule has 1 aromatic carbocycles. The summed E-state index contributed by atoms with van der Waals surface area (Å²) in [6.45, 7) is 0.0898. The lowest BCUT2D eigenvalue weighted by atomic mass is 10.1. The second-order valence-electron chi connectivity index (χ2n) is 4.23. The van der Waals surface area contributed by atoms with Gasteiger partial charge in [0, 0.05) is 10.9 Å². The van der Waals surface area contributed by atoms with Crippen LogP contribution >= 0.6 is 11.3 Å². The van der Waals surface area contributed by atoms with Crippen LogP contribution in [0.15, 0.2) is 29.6 Å². The van der Waals surface area contributed by atoms with E-state index in [1.807, 2.05) is 0 Å². The van der Waals surface area contributed by atoms with Crippen LogP contribution < -0.4 is 4.90 Å². The quantitative estimate of drug-likeness (QED) is 0.848. The molecule has 1 aromatic heterocycles. The lowest BCUT2D eigenvalue weighted by Crippen LogP contribution is -2.24. The Morgan fingerprint density at radius 2 is 2.05 bits per heavy atom. The number of aromatic nitrogens is 1. The van der Waals surface area contributed by atoms with Crippen LogP contribution in [0.5, 0.6) is 5.75 Å². The Balaban J connectivity index is 1.94. The highest BCUT2D eigenvalue weighted by atomic mass is 32.1. The lowest BCUT2D eigenvalue weighted by molar-refractivity contribution is -0.121. The molecule has 0 spiro atoms. The van der Waals surface area contributed by atoms with Crippen LogP contribution in [-0.4, -0.2) is 28.3 Å². The maximum atomic E-state index is 11.6. The number of carbonyl (C=O) groups is 2. The van der Waals surface area contributed by atoms with Crippen LogP contribution in [0.4, 0.5) is 5.13 Å². The van der Waals surface area contributed by atoms with Gasteiger partial charge in [-0.2, -0.15) is 0 Å². The standard InChI is InChI=1S/C13H10N2O3S/c16-8-5-12(18)15(6-8)13-14-10(7-19-13)9-3-1-2-4-11(9)17/h1-4,7,17H,5-6H2. The van der Waals surface area contributed by atoms with E-state index >= 15 is 0 Å². The Bertz CT molecular complexity index is 665. The molecular formula is C13H10N2O3S. The van der Waals surface area contributed by atoms with Crippen molar-refractivity contribution >= 4 is 28.2 Å². The highest BCUT2D eigenvalue weighted by Gasteiger charge is 2.30. The number of anilines is 1. The summed E-state index contributed by atoms with van der Waals surface area (Å²) in [4.78, 5) is 28.6. The number of ketones is 1. The van der Waals surface area contributed by atoms with E-state index in [1.165, 1.54) is 16.2 Å². The number of carbonyl (C=O) groups excluding carboxylic acids is 2. The second kappa shape index (κ2) is 4.47. The van der Waals surface area contributed by atoms with E-state index in [1.54, 1.807) is 29.6 Å². The van der Waals surface area contributed by atoms with Gasteiger partial charge in [-0.25, -0.2) is 4.98 Å². The van der Waals surface area contributed by atoms with Crippen LogP contribution in [0, 0.1) is 0 Å². The minimum Gasteiger partial charge on any atom is -0.507 e. The third-order valence-electron chi connectivity index (χ3n) is 2.89. The molecule has 1 N–H and O–H groups in total. The van der Waals surface area contributed by atoms with Crippen LogP contribution in [-0.2, 0) is 9.59 Å². The molecule has 1 amide bonds. The van der Waals surface area contributed by atoms with Crippen LogP contribution in [0.1, 0.15) is 6.42 Å². The number of aromatic hydroxyl groups is 1. The molecule has 0 atom stereocenters. The van der Waals surface area contributed by atoms with Crippen molar-refractivity contribution in [3.8, 4) is 17.0 Å². The normalized spacial score (nSPS) is 15.3. The zero-order chi connectivity index (χ0) is 13.4. The number of thiazole rings is 1. The maximum absolute atomic E-state index is 11.6. The average Bonchev–Trinajstić information content (AvgIpc) is 2.96. The zero-order valence-corrected chi connectivity index (χ0v) is 10.7. The predicted octanol–water partition coefficient (Wildman–Crippen LogP) is 1.82. The summed E-state index contributed by atoms with van der Waals surface area (Å²) in [6, 6.07) is 6.87. The van der Waals surface area contributed by atoms with E-state index in [2.05, 4.69) is 4.98 Å². The van der Waals surface area contributed by atoms with Crippen LogP contribution in [0.2, 0.25) is 0 Å². The molecule has 6 heteroatoms. The first-order chi connectivity index (χ1) is 9.15. The molecule has 5 nitrogen and oxygen atoms in total. The van der Waals surface area contributed by atoms with Gasteiger partial charge in [0.2, 0.25) is 5.91 Å². The third-order valence-corrected chi connectivity index (χ3v) is 3.75. The summed E-state index contributed by atoms with van der Waals surface area (Å²) in [5.74, 6) is -0.171. The molecule has 0 bridgehead atoms. The maximum Gasteiger partial charge on any atom is 0.236 e. The fraction of sp³-hybridized carbons (Fsp3) is 0.154. The van der Waals surface area contributed by atoms with Crippen molar-refractivity contribution in [2.75, 3.05) is 11.4 Å². The molecule has 19 heavy (non-hydrogen) atoms. The fourth-order valence-electron chi connectivity index (χ4n) is 1.96. The van der Waals surface area contributed by atoms with Crippen LogP contribution in [0.3, 0.4) is 0 Å². The van der Waals surface area contributed by atoms with Crippen LogP contribution in [0.25, 0.3) is 11.3 Å². The Labute approximate surface area is 113 Å². The van der Waals surface area contributed by atoms with Gasteiger partial charge in [-0.05, 0) is 12.1 Å². The Morgan fingerprint density at radius 1 is 1.26 bits per heavy atom. The van der Waals surface area contributed by atoms with E-state index in [4.69, 9.17) is 0 Å². The smallest absolute Gasteiger partial charge is 0.236 e. The first-order valence-corrected chi connectivity index (χ1v) is 6.59. The molecule has 1 aliphatic heterocycles. The van der Waals surface area contributed by atoms with Gasteiger partial charge >= 0.3 is 0 Å². The van der Waals surface area contributed by atoms with E-state index in [0.29, 0.717) is 16.4 Å². The SMILES string of the molecule is O=C1CC(=O)N(c2nc(-c3ccccc3O)cs2)C1. The minimum absolute atomic E-state index is 0.0501. The molecule has 1 saturated heterocycles. The van der Waals surface area contributed by atoms with Crippen molar-refractivity contribution in [1.82, 2.24) is 4.98 Å². The first kappa shape index (κ1) is 11.9. The minimum atomic E-state index is -0.219. The zero-order valence-electron chi connectivity index (χ0n) is 9.87. The molecule has 0 saturated carbocycles. The summed E-state index contributed by atoms with van der Waals surface area (Å²) in [6.07, 6.45) is -0.0501. The van der Waals surface area contributed by atoms with E-state index in [9.17, 15) is 14.7 Å². The molecule has 0 radical (unpaired) electrons. The first-order valence-electron chi connectivity index (χ1n) is 5.71. The number of amides is 1. The molecule has 2 aromatic rings. The number of hydrogen-bond acceptors (Lipinski definition) is 5. The Morgan fingerprint density at radius 3 is 2.74 bits per heavy atom. The molecule has 96 valence electrons. The van der Waals surface area contributed by atoms with E-state index in [0.717, 1.165) is 0 Å². The van der Waals surface area contributed by atoms with E-state index in [-0.39, 0.29) is 30.4 Å². The molecule has 0 unspecified atom stereocenters.